The van der Waals surface area contributed by atoms with Gasteiger partial charge in [-0.2, -0.15) is 0 Å². The number of rotatable bonds is 4. The van der Waals surface area contributed by atoms with E-state index in [1.807, 2.05) is 0 Å². The molecule has 0 fully saturated rings. The van der Waals surface area contributed by atoms with Gasteiger partial charge in [0.25, 0.3) is 11.8 Å². The molecule has 2 amide bonds. The Labute approximate surface area is 84.0 Å². The number of nitrogens with zero attached hydrogens (tertiary/aromatic N) is 1. The van der Waals surface area contributed by atoms with E-state index in [2.05, 4.69) is 0 Å². The van der Waals surface area contributed by atoms with Crippen LogP contribution in [-0.4, -0.2) is 21.4 Å². The van der Waals surface area contributed by atoms with Crippen molar-refractivity contribution in [3.8, 4) is 0 Å². The average Bonchev–Trinajstić information content (AvgIpc) is 2.04. The van der Waals surface area contributed by atoms with Crippen molar-refractivity contribution in [3.05, 3.63) is 0 Å². The normalized spacial score (nSPS) is 11.4. The van der Waals surface area contributed by atoms with E-state index in [4.69, 9.17) is 4.89 Å². The molecule has 14 heavy (non-hydrogen) atoms. The van der Waals surface area contributed by atoms with Gasteiger partial charge in [0.1, 0.15) is 0 Å². The van der Waals surface area contributed by atoms with Gasteiger partial charge in [-0.25, -0.2) is 0 Å². The number of imide groups is 1. The molecule has 0 rings (SSSR count). The first-order valence-corrected chi connectivity index (χ1v) is 5.62. The zero-order chi connectivity index (χ0) is 11.3. The average molecular weight is 220 g/mol. The molecular weight excluding hydrogens is 205 g/mol. The van der Waals surface area contributed by atoms with Crippen molar-refractivity contribution < 1.29 is 19.0 Å². The van der Waals surface area contributed by atoms with Crippen molar-refractivity contribution in [2.75, 3.05) is 0 Å². The first-order chi connectivity index (χ1) is 6.45. The van der Waals surface area contributed by atoms with Gasteiger partial charge in [0.15, 0.2) is 0 Å². The first-order valence-electron chi connectivity index (χ1n) is 4.46. The summed E-state index contributed by atoms with van der Waals surface area (Å²) in [6.45, 7) is 4.70. The lowest BCUT2D eigenvalue weighted by Crippen LogP contribution is -2.33. The monoisotopic (exact) mass is 220 g/mol. The van der Waals surface area contributed by atoms with Crippen LogP contribution >= 0.6 is 8.18 Å². The lowest BCUT2D eigenvalue weighted by atomic mass is 10.0. The van der Waals surface area contributed by atoms with Crippen LogP contribution in [0.25, 0.3) is 0 Å². The van der Waals surface area contributed by atoms with Crippen molar-refractivity contribution in [1.82, 2.24) is 4.67 Å². The van der Waals surface area contributed by atoms with Crippen LogP contribution in [0.5, 0.6) is 0 Å². The van der Waals surface area contributed by atoms with Crippen LogP contribution in [0.1, 0.15) is 33.6 Å². The van der Waals surface area contributed by atoms with Gasteiger partial charge in [-0.3, -0.25) is 9.59 Å². The van der Waals surface area contributed by atoms with Crippen molar-refractivity contribution in [2.45, 2.75) is 33.6 Å². The van der Waals surface area contributed by atoms with Gasteiger partial charge in [-0.15, -0.1) is 4.89 Å². The second-order valence-corrected chi connectivity index (χ2v) is 3.84. The summed E-state index contributed by atoms with van der Waals surface area (Å²) in [6, 6.07) is 0. The second kappa shape index (κ2) is 5.83. The van der Waals surface area contributed by atoms with E-state index >= 15 is 0 Å². The Kier molecular flexibility index (Phi) is 5.50. The highest BCUT2D eigenvalue weighted by Gasteiger charge is 2.39. The van der Waals surface area contributed by atoms with Crippen molar-refractivity contribution in [3.63, 3.8) is 0 Å². The van der Waals surface area contributed by atoms with Crippen LogP contribution in [0, 0.1) is 5.92 Å². The van der Waals surface area contributed by atoms with Crippen LogP contribution in [0.2, 0.25) is 0 Å². The quantitative estimate of drug-likeness (QED) is 0.727. The largest absolute Gasteiger partial charge is 0.653 e. The molecule has 1 atom stereocenters. The Morgan fingerprint density at radius 3 is 2.00 bits per heavy atom. The van der Waals surface area contributed by atoms with Gasteiger partial charge in [-0.05, 0) is 22.1 Å². The molecule has 1 N–H and O–H groups in total. The van der Waals surface area contributed by atoms with Crippen LogP contribution in [-0.2, 0) is 14.2 Å². The number of hydrogen-bond acceptors (Lipinski definition) is 3. The minimum absolute atomic E-state index is 0.356. The summed E-state index contributed by atoms with van der Waals surface area (Å²) in [5.41, 5.74) is 0. The second-order valence-electron chi connectivity index (χ2n) is 2.94. The molecule has 0 aliphatic rings. The van der Waals surface area contributed by atoms with Crippen LogP contribution in [0.15, 0.2) is 0 Å². The third kappa shape index (κ3) is 3.16. The Morgan fingerprint density at radius 1 is 1.36 bits per heavy atom. The summed E-state index contributed by atoms with van der Waals surface area (Å²) in [5, 5.41) is 0. The summed E-state index contributed by atoms with van der Waals surface area (Å²) in [5.74, 6) is -1.61. The summed E-state index contributed by atoms with van der Waals surface area (Å²) < 4.78 is 11.2. The summed E-state index contributed by atoms with van der Waals surface area (Å²) in [7, 11) is -2.90. The molecule has 0 aliphatic carbocycles. The molecule has 1 unspecified atom stereocenters. The van der Waals surface area contributed by atoms with E-state index in [-0.39, 0.29) is 5.92 Å². The van der Waals surface area contributed by atoms with Crippen LogP contribution in [0.3, 0.4) is 0 Å². The topological polar surface area (TPSA) is 74.7 Å². The number of hydrogen-bond donors (Lipinski definition) is 1. The third-order valence-corrected chi connectivity index (χ3v) is 2.83. The molecule has 0 saturated heterocycles. The lowest BCUT2D eigenvalue weighted by Gasteiger charge is -2.12. The smallest absolute Gasteiger partial charge is 0.271 e. The Hall–Kier alpha value is -0.800. The van der Waals surface area contributed by atoms with Gasteiger partial charge in [0.05, 0.1) is 0 Å². The Morgan fingerprint density at radius 2 is 1.79 bits per heavy atom. The van der Waals surface area contributed by atoms with Gasteiger partial charge < -0.3 is 0 Å². The fraction of sp³-hybridized carbons (Fsp3) is 0.750. The zero-order valence-corrected chi connectivity index (χ0v) is 9.45. The van der Waals surface area contributed by atoms with Crippen LogP contribution in [0.4, 0.5) is 0 Å². The standard InChI is InChI=1S/C8H14NO4P/c1-4-7(5-2)8(11)9(6(3)10)14(12)13/h7H,4-5H2,1-3H3/p+1. The summed E-state index contributed by atoms with van der Waals surface area (Å²) in [4.78, 5) is 31.3. The minimum atomic E-state index is -2.90. The van der Waals surface area contributed by atoms with E-state index in [0.29, 0.717) is 17.5 Å². The van der Waals surface area contributed by atoms with E-state index in [1.54, 1.807) is 13.8 Å². The molecule has 0 spiro atoms. The van der Waals surface area contributed by atoms with Crippen LogP contribution < -0.4 is 0 Å². The maximum atomic E-state index is 11.5. The highest BCUT2D eigenvalue weighted by Crippen LogP contribution is 2.26. The number of carbonyl (C=O) groups excluding carboxylic acids is 2. The summed E-state index contributed by atoms with van der Waals surface area (Å²) >= 11 is 0. The van der Waals surface area contributed by atoms with Crippen molar-refractivity contribution in [1.29, 1.82) is 0 Å². The predicted octanol–water partition coefficient (Wildman–Crippen LogP) is 1.45. The summed E-state index contributed by atoms with van der Waals surface area (Å²) in [6.07, 6.45) is 1.12. The molecule has 0 aromatic heterocycles. The highest BCUT2D eigenvalue weighted by atomic mass is 31.1. The van der Waals surface area contributed by atoms with Gasteiger partial charge in [0, 0.05) is 12.8 Å². The van der Waals surface area contributed by atoms with E-state index in [0.717, 1.165) is 6.92 Å². The molecule has 0 heterocycles. The SMILES string of the molecule is CCC(CC)C(=O)N(C(C)=O)[P+](=O)O. The highest BCUT2D eigenvalue weighted by molar-refractivity contribution is 7.37. The van der Waals surface area contributed by atoms with E-state index in [1.165, 1.54) is 0 Å². The molecule has 6 heteroatoms. The van der Waals surface area contributed by atoms with Crippen molar-refractivity contribution >= 4 is 20.0 Å². The fourth-order valence-electron chi connectivity index (χ4n) is 1.17. The maximum absolute atomic E-state index is 11.5. The minimum Gasteiger partial charge on any atom is -0.271 e. The first kappa shape index (κ1) is 13.2. The van der Waals surface area contributed by atoms with Gasteiger partial charge in [0.2, 0.25) is 0 Å². The number of amides is 2. The molecule has 0 radical (unpaired) electrons. The van der Waals surface area contributed by atoms with Gasteiger partial charge in [-0.1, -0.05) is 13.8 Å². The van der Waals surface area contributed by atoms with E-state index < -0.39 is 20.0 Å². The van der Waals surface area contributed by atoms with Gasteiger partial charge >= 0.3 is 8.18 Å². The lowest BCUT2D eigenvalue weighted by molar-refractivity contribution is -0.140. The Bertz CT molecular complexity index is 236. The molecule has 0 aromatic rings. The molecule has 0 saturated carbocycles. The molecule has 0 aromatic carbocycles. The molecule has 0 aliphatic heterocycles. The van der Waals surface area contributed by atoms with Crippen molar-refractivity contribution in [2.24, 2.45) is 5.92 Å². The fourth-order valence-corrected chi connectivity index (χ4v) is 1.74. The third-order valence-electron chi connectivity index (χ3n) is 2.01. The zero-order valence-electron chi connectivity index (χ0n) is 8.56. The molecule has 80 valence electrons. The molecule has 0 bridgehead atoms. The number of carbonyl (C=O) groups is 2. The predicted molar refractivity (Wildman–Crippen MR) is 51.4 cm³/mol. The Balaban J connectivity index is 4.76. The maximum Gasteiger partial charge on any atom is 0.653 e. The molecular formula is C8H15NO4P+. The van der Waals surface area contributed by atoms with E-state index in [9.17, 15) is 14.2 Å². The molecule has 5 nitrogen and oxygen atoms in total.